The van der Waals surface area contributed by atoms with Gasteiger partial charge in [0.25, 0.3) is 0 Å². The molecule has 0 saturated heterocycles. The number of thiocarbonyl (C=S) groups is 1. The average Bonchev–Trinajstić information content (AvgIpc) is 2.14. The van der Waals surface area contributed by atoms with E-state index >= 15 is 0 Å². The lowest BCUT2D eigenvalue weighted by atomic mass is 10.2. The molecule has 0 rings (SSSR count). The van der Waals surface area contributed by atoms with Crippen LogP contribution in [0.4, 0.5) is 0 Å². The number of rotatable bonds is 7. The predicted octanol–water partition coefficient (Wildman–Crippen LogP) is 0.970. The summed E-state index contributed by atoms with van der Waals surface area (Å²) >= 11 is 4.80. The molecular formula is C9H20N2O2S2. The fourth-order valence-electron chi connectivity index (χ4n) is 1.07. The van der Waals surface area contributed by atoms with Gasteiger partial charge in [0.1, 0.15) is 0 Å². The van der Waals surface area contributed by atoms with E-state index in [9.17, 15) is 8.42 Å². The zero-order valence-electron chi connectivity index (χ0n) is 9.56. The molecule has 4 nitrogen and oxygen atoms in total. The molecular weight excluding hydrogens is 232 g/mol. The van der Waals surface area contributed by atoms with Crippen LogP contribution in [0, 0.1) is 5.92 Å². The Morgan fingerprint density at radius 1 is 1.53 bits per heavy atom. The second-order valence-electron chi connectivity index (χ2n) is 3.75. The van der Waals surface area contributed by atoms with Crippen molar-refractivity contribution < 1.29 is 8.42 Å². The van der Waals surface area contributed by atoms with Crippen LogP contribution in [0.15, 0.2) is 0 Å². The van der Waals surface area contributed by atoms with Gasteiger partial charge in [0.2, 0.25) is 10.0 Å². The summed E-state index contributed by atoms with van der Waals surface area (Å²) in [6, 6.07) is 0. The fraction of sp³-hybridized carbons (Fsp3) is 0.889. The van der Waals surface area contributed by atoms with Crippen molar-refractivity contribution in [3.05, 3.63) is 0 Å². The quantitative estimate of drug-likeness (QED) is 0.686. The third kappa shape index (κ3) is 5.44. The van der Waals surface area contributed by atoms with Crippen molar-refractivity contribution in [3.63, 3.8) is 0 Å². The number of hydrogen-bond acceptors (Lipinski definition) is 3. The minimum absolute atomic E-state index is 0.0820. The topological polar surface area (TPSA) is 63.4 Å². The number of hydrogen-bond donors (Lipinski definition) is 1. The van der Waals surface area contributed by atoms with E-state index in [4.69, 9.17) is 18.0 Å². The standard InChI is InChI=1S/C9H20N2O2S2/c1-4-5-6-15(12,13)11(3)7-8(2)9(10)14/h8H,4-7H2,1-3H3,(H2,10,14). The summed E-state index contributed by atoms with van der Waals surface area (Å²) in [6.45, 7) is 4.16. The maximum atomic E-state index is 11.7. The van der Waals surface area contributed by atoms with E-state index < -0.39 is 10.0 Å². The number of unbranched alkanes of at least 4 members (excludes halogenated alkanes) is 1. The highest BCUT2D eigenvalue weighted by atomic mass is 32.2. The minimum Gasteiger partial charge on any atom is -0.393 e. The third-order valence-electron chi connectivity index (χ3n) is 2.25. The van der Waals surface area contributed by atoms with Gasteiger partial charge in [-0.15, -0.1) is 0 Å². The Labute approximate surface area is 97.9 Å². The van der Waals surface area contributed by atoms with Crippen LogP contribution in [0.2, 0.25) is 0 Å². The first-order chi connectivity index (χ1) is 6.81. The molecule has 15 heavy (non-hydrogen) atoms. The van der Waals surface area contributed by atoms with Gasteiger partial charge in [0, 0.05) is 19.5 Å². The molecule has 0 radical (unpaired) electrons. The van der Waals surface area contributed by atoms with Crippen molar-refractivity contribution in [3.8, 4) is 0 Å². The second kappa shape index (κ2) is 6.40. The van der Waals surface area contributed by atoms with Crippen LogP contribution in [0.3, 0.4) is 0 Å². The molecule has 1 unspecified atom stereocenters. The predicted molar refractivity (Wildman–Crippen MR) is 67.3 cm³/mol. The van der Waals surface area contributed by atoms with E-state index in [-0.39, 0.29) is 11.7 Å². The molecule has 1 atom stereocenters. The van der Waals surface area contributed by atoms with Crippen molar-refractivity contribution in [1.82, 2.24) is 4.31 Å². The maximum absolute atomic E-state index is 11.7. The number of nitrogens with zero attached hydrogens (tertiary/aromatic N) is 1. The van der Waals surface area contributed by atoms with Crippen molar-refractivity contribution in [2.75, 3.05) is 19.3 Å². The van der Waals surface area contributed by atoms with Crippen LogP contribution in [0.5, 0.6) is 0 Å². The van der Waals surface area contributed by atoms with E-state index in [0.29, 0.717) is 18.0 Å². The molecule has 6 heteroatoms. The minimum atomic E-state index is -3.13. The molecule has 0 saturated carbocycles. The molecule has 0 aliphatic carbocycles. The summed E-state index contributed by atoms with van der Waals surface area (Å²) < 4.78 is 24.7. The highest BCUT2D eigenvalue weighted by Gasteiger charge is 2.19. The van der Waals surface area contributed by atoms with E-state index in [1.807, 2.05) is 13.8 Å². The molecule has 90 valence electrons. The van der Waals surface area contributed by atoms with Crippen molar-refractivity contribution in [1.29, 1.82) is 0 Å². The summed E-state index contributed by atoms with van der Waals surface area (Å²) in [4.78, 5) is 0.354. The van der Waals surface area contributed by atoms with Crippen molar-refractivity contribution >= 4 is 27.2 Å². The first-order valence-corrected chi connectivity index (χ1v) is 7.06. The Morgan fingerprint density at radius 3 is 2.47 bits per heavy atom. The van der Waals surface area contributed by atoms with E-state index in [1.54, 1.807) is 7.05 Å². The summed E-state index contributed by atoms with van der Waals surface area (Å²) in [7, 11) is -1.56. The van der Waals surface area contributed by atoms with Gasteiger partial charge in [0.15, 0.2) is 0 Å². The molecule has 0 spiro atoms. The first-order valence-electron chi connectivity index (χ1n) is 5.04. The highest BCUT2D eigenvalue weighted by Crippen LogP contribution is 2.06. The Balaban J connectivity index is 4.31. The Morgan fingerprint density at radius 2 is 2.07 bits per heavy atom. The lowest BCUT2D eigenvalue weighted by Gasteiger charge is -2.20. The largest absolute Gasteiger partial charge is 0.393 e. The molecule has 0 heterocycles. The van der Waals surface area contributed by atoms with Gasteiger partial charge < -0.3 is 5.73 Å². The van der Waals surface area contributed by atoms with Crippen LogP contribution in [-0.4, -0.2) is 37.1 Å². The van der Waals surface area contributed by atoms with Gasteiger partial charge in [-0.05, 0) is 6.42 Å². The lowest BCUT2D eigenvalue weighted by molar-refractivity contribution is 0.444. The Hall–Kier alpha value is -0.200. The van der Waals surface area contributed by atoms with E-state index in [1.165, 1.54) is 4.31 Å². The zero-order valence-corrected chi connectivity index (χ0v) is 11.2. The van der Waals surface area contributed by atoms with E-state index in [0.717, 1.165) is 6.42 Å². The molecule has 0 amide bonds. The normalized spacial score (nSPS) is 14.1. The SMILES string of the molecule is CCCCS(=O)(=O)N(C)CC(C)C(N)=S. The fourth-order valence-corrected chi connectivity index (χ4v) is 2.56. The highest BCUT2D eigenvalue weighted by molar-refractivity contribution is 7.89. The van der Waals surface area contributed by atoms with Gasteiger partial charge in [-0.3, -0.25) is 0 Å². The monoisotopic (exact) mass is 252 g/mol. The third-order valence-corrected chi connectivity index (χ3v) is 4.55. The molecule has 0 bridgehead atoms. The molecule has 0 aromatic carbocycles. The Bertz CT molecular complexity index is 301. The summed E-state index contributed by atoms with van der Waals surface area (Å²) in [5, 5.41) is 0. The maximum Gasteiger partial charge on any atom is 0.213 e. The van der Waals surface area contributed by atoms with Gasteiger partial charge >= 0.3 is 0 Å². The molecule has 0 aromatic rings. The number of nitrogens with two attached hydrogens (primary N) is 1. The van der Waals surface area contributed by atoms with Gasteiger partial charge in [-0.25, -0.2) is 12.7 Å². The molecule has 0 aliphatic rings. The van der Waals surface area contributed by atoms with Crippen molar-refractivity contribution in [2.45, 2.75) is 26.7 Å². The molecule has 2 N–H and O–H groups in total. The van der Waals surface area contributed by atoms with Crippen LogP contribution in [-0.2, 0) is 10.0 Å². The van der Waals surface area contributed by atoms with Gasteiger partial charge in [-0.2, -0.15) is 0 Å². The summed E-state index contributed by atoms with van der Waals surface area (Å²) in [6.07, 6.45) is 1.56. The smallest absolute Gasteiger partial charge is 0.213 e. The summed E-state index contributed by atoms with van der Waals surface area (Å²) in [5.41, 5.74) is 5.44. The molecule has 0 fully saturated rings. The van der Waals surface area contributed by atoms with Gasteiger partial charge in [-0.1, -0.05) is 32.5 Å². The number of sulfonamides is 1. The van der Waals surface area contributed by atoms with Crippen molar-refractivity contribution in [2.24, 2.45) is 11.7 Å². The van der Waals surface area contributed by atoms with Gasteiger partial charge in [0.05, 0.1) is 10.7 Å². The summed E-state index contributed by atoms with van der Waals surface area (Å²) in [5.74, 6) is 0.116. The van der Waals surface area contributed by atoms with Crippen LogP contribution in [0.25, 0.3) is 0 Å². The van der Waals surface area contributed by atoms with E-state index in [2.05, 4.69) is 0 Å². The lowest BCUT2D eigenvalue weighted by Crippen LogP contribution is -2.36. The van der Waals surface area contributed by atoms with Crippen LogP contribution < -0.4 is 5.73 Å². The van der Waals surface area contributed by atoms with Crippen LogP contribution in [0.1, 0.15) is 26.7 Å². The zero-order chi connectivity index (χ0) is 12.1. The molecule has 0 aromatic heterocycles. The second-order valence-corrected chi connectivity index (χ2v) is 6.42. The molecule has 0 aliphatic heterocycles. The Kier molecular flexibility index (Phi) is 6.31. The first kappa shape index (κ1) is 14.8. The van der Waals surface area contributed by atoms with Crippen LogP contribution >= 0.6 is 12.2 Å². The average molecular weight is 252 g/mol.